The molecule has 0 aliphatic carbocycles. The Morgan fingerprint density at radius 3 is 2.73 bits per heavy atom. The molecule has 0 bridgehead atoms. The van der Waals surface area contributed by atoms with Crippen LogP contribution in [-0.2, 0) is 9.53 Å². The van der Waals surface area contributed by atoms with Gasteiger partial charge in [0.15, 0.2) is 0 Å². The molecule has 2 atom stereocenters. The number of carbonyl (C=O) groups excluding carboxylic acids is 1. The Hall–Kier alpha value is -0.100. The van der Waals surface area contributed by atoms with Gasteiger partial charge in [-0.1, -0.05) is 29.5 Å². The second-order valence-corrected chi connectivity index (χ2v) is 2.98. The summed E-state index contributed by atoms with van der Waals surface area (Å²) in [5, 5.41) is 9.40. The molecule has 1 heterocycles. The van der Waals surface area contributed by atoms with E-state index in [1.165, 1.54) is 0 Å². The molecule has 1 aliphatic rings. The van der Waals surface area contributed by atoms with E-state index < -0.39 is 12.1 Å². The SMILES string of the molecule is CC[C@H]1OC(=O)/C(=C\I)[C@@H]1O. The van der Waals surface area contributed by atoms with Gasteiger partial charge in [-0.15, -0.1) is 0 Å². The maximum absolute atomic E-state index is 10.9. The zero-order chi connectivity index (χ0) is 8.43. The van der Waals surface area contributed by atoms with Gasteiger partial charge in [-0.05, 0) is 10.5 Å². The largest absolute Gasteiger partial charge is 0.456 e. The molecule has 1 aliphatic heterocycles. The molecule has 0 saturated carbocycles. The number of ether oxygens (including phenoxy) is 1. The number of rotatable bonds is 1. The van der Waals surface area contributed by atoms with E-state index in [1.54, 1.807) is 4.08 Å². The molecule has 1 saturated heterocycles. The van der Waals surface area contributed by atoms with Gasteiger partial charge >= 0.3 is 5.97 Å². The lowest BCUT2D eigenvalue weighted by Crippen LogP contribution is -2.20. The minimum absolute atomic E-state index is 0.344. The highest BCUT2D eigenvalue weighted by atomic mass is 127. The average molecular weight is 268 g/mol. The predicted molar refractivity (Wildman–Crippen MR) is 48.3 cm³/mol. The zero-order valence-corrected chi connectivity index (χ0v) is 8.24. The highest BCUT2D eigenvalue weighted by Crippen LogP contribution is 2.24. The first kappa shape index (κ1) is 8.99. The van der Waals surface area contributed by atoms with Crippen LogP contribution in [0.1, 0.15) is 13.3 Å². The molecule has 0 radical (unpaired) electrons. The van der Waals surface area contributed by atoms with Gasteiger partial charge in [0.2, 0.25) is 0 Å². The van der Waals surface area contributed by atoms with Crippen molar-refractivity contribution in [1.29, 1.82) is 0 Å². The van der Waals surface area contributed by atoms with Gasteiger partial charge in [-0.3, -0.25) is 0 Å². The van der Waals surface area contributed by atoms with Crippen LogP contribution in [0.2, 0.25) is 0 Å². The highest BCUT2D eigenvalue weighted by Gasteiger charge is 2.36. The number of aliphatic hydroxyl groups is 1. The number of carbonyl (C=O) groups is 1. The lowest BCUT2D eigenvalue weighted by atomic mass is 10.1. The minimum Gasteiger partial charge on any atom is -0.456 e. The van der Waals surface area contributed by atoms with Gasteiger partial charge in [0.1, 0.15) is 12.2 Å². The van der Waals surface area contributed by atoms with Crippen molar-refractivity contribution in [2.45, 2.75) is 25.6 Å². The van der Waals surface area contributed by atoms with Gasteiger partial charge < -0.3 is 9.84 Å². The third-order valence-electron chi connectivity index (χ3n) is 1.68. The number of hydrogen-bond donors (Lipinski definition) is 1. The molecule has 0 aromatic carbocycles. The molecule has 0 unspecified atom stereocenters. The normalized spacial score (nSPS) is 34.5. The fraction of sp³-hybridized carbons (Fsp3) is 0.571. The summed E-state index contributed by atoms with van der Waals surface area (Å²) in [5.41, 5.74) is 0.373. The fourth-order valence-corrected chi connectivity index (χ4v) is 1.63. The Labute approximate surface area is 78.6 Å². The molecule has 11 heavy (non-hydrogen) atoms. The summed E-state index contributed by atoms with van der Waals surface area (Å²) in [7, 11) is 0. The van der Waals surface area contributed by atoms with Crippen molar-refractivity contribution in [3.63, 3.8) is 0 Å². The summed E-state index contributed by atoms with van der Waals surface area (Å²) in [5.74, 6) is -0.390. The van der Waals surface area contributed by atoms with Crippen LogP contribution in [0.25, 0.3) is 0 Å². The summed E-state index contributed by atoms with van der Waals surface area (Å²) >= 11 is 1.92. The molecule has 0 amide bonds. The molecule has 0 spiro atoms. The van der Waals surface area contributed by atoms with Crippen molar-refractivity contribution in [3.8, 4) is 0 Å². The van der Waals surface area contributed by atoms with E-state index in [-0.39, 0.29) is 6.10 Å². The quantitative estimate of drug-likeness (QED) is 0.438. The molecular weight excluding hydrogens is 259 g/mol. The molecule has 4 heteroatoms. The standard InChI is InChI=1S/C7H9IO3/c1-2-5-6(9)4(3-8)7(10)11-5/h3,5-6,9H,2H2,1H3/b4-3-/t5-,6+/m1/s1. The van der Waals surface area contributed by atoms with Gasteiger partial charge in [-0.25, -0.2) is 4.79 Å². The Balaban J connectivity index is 2.79. The topological polar surface area (TPSA) is 46.5 Å². The van der Waals surface area contributed by atoms with Crippen LogP contribution in [0, 0.1) is 0 Å². The van der Waals surface area contributed by atoms with E-state index in [0.29, 0.717) is 12.0 Å². The number of aliphatic hydroxyl groups excluding tert-OH is 1. The molecule has 3 nitrogen and oxygen atoms in total. The van der Waals surface area contributed by atoms with E-state index in [1.807, 2.05) is 29.5 Å². The average Bonchev–Trinajstić information content (AvgIpc) is 2.26. The van der Waals surface area contributed by atoms with Gasteiger partial charge in [0.25, 0.3) is 0 Å². The molecule has 0 aromatic heterocycles. The van der Waals surface area contributed by atoms with Crippen LogP contribution in [-0.4, -0.2) is 23.3 Å². The number of esters is 1. The predicted octanol–water partition coefficient (Wildman–Crippen LogP) is 1.00. The van der Waals surface area contributed by atoms with Crippen LogP contribution in [0.5, 0.6) is 0 Å². The lowest BCUT2D eigenvalue weighted by molar-refractivity contribution is -0.139. The van der Waals surface area contributed by atoms with Gasteiger partial charge in [-0.2, -0.15) is 0 Å². The van der Waals surface area contributed by atoms with Crippen molar-refractivity contribution in [2.24, 2.45) is 0 Å². The number of cyclic esters (lactones) is 1. The summed E-state index contributed by atoms with van der Waals surface area (Å²) in [6.45, 7) is 1.87. The highest BCUT2D eigenvalue weighted by molar-refractivity contribution is 14.1. The van der Waals surface area contributed by atoms with Crippen molar-refractivity contribution < 1.29 is 14.6 Å². The Morgan fingerprint density at radius 2 is 2.45 bits per heavy atom. The van der Waals surface area contributed by atoms with Crippen molar-refractivity contribution >= 4 is 28.6 Å². The first-order valence-corrected chi connectivity index (χ1v) is 4.64. The van der Waals surface area contributed by atoms with Crippen molar-refractivity contribution in [2.75, 3.05) is 0 Å². The van der Waals surface area contributed by atoms with E-state index in [2.05, 4.69) is 0 Å². The second kappa shape index (κ2) is 3.53. The summed E-state index contributed by atoms with van der Waals surface area (Å²) < 4.78 is 6.43. The Kier molecular flexibility index (Phi) is 2.89. The molecule has 62 valence electrons. The van der Waals surface area contributed by atoms with Gasteiger partial charge in [0, 0.05) is 0 Å². The van der Waals surface area contributed by atoms with E-state index in [4.69, 9.17) is 4.74 Å². The third-order valence-corrected chi connectivity index (χ3v) is 2.36. The minimum atomic E-state index is -0.732. The van der Waals surface area contributed by atoms with Crippen molar-refractivity contribution in [1.82, 2.24) is 0 Å². The van der Waals surface area contributed by atoms with E-state index >= 15 is 0 Å². The first-order valence-electron chi connectivity index (χ1n) is 3.40. The monoisotopic (exact) mass is 268 g/mol. The Morgan fingerprint density at radius 1 is 1.82 bits per heavy atom. The maximum Gasteiger partial charge on any atom is 0.337 e. The molecule has 1 N–H and O–H groups in total. The Bertz CT molecular complexity index is 200. The van der Waals surface area contributed by atoms with Crippen LogP contribution in [0.4, 0.5) is 0 Å². The van der Waals surface area contributed by atoms with Crippen molar-refractivity contribution in [3.05, 3.63) is 9.66 Å². The lowest BCUT2D eigenvalue weighted by Gasteiger charge is -2.08. The van der Waals surface area contributed by atoms with E-state index in [9.17, 15) is 9.90 Å². The smallest absolute Gasteiger partial charge is 0.337 e. The molecule has 1 fully saturated rings. The van der Waals surface area contributed by atoms with Crippen LogP contribution in [0.15, 0.2) is 9.66 Å². The fourth-order valence-electron chi connectivity index (χ4n) is 1.01. The third kappa shape index (κ3) is 1.56. The van der Waals surface area contributed by atoms with Gasteiger partial charge in [0.05, 0.1) is 5.57 Å². The molecule has 0 aromatic rings. The van der Waals surface area contributed by atoms with Crippen LogP contribution >= 0.6 is 22.6 Å². The van der Waals surface area contributed by atoms with E-state index in [0.717, 1.165) is 0 Å². The maximum atomic E-state index is 10.9. The zero-order valence-electron chi connectivity index (χ0n) is 6.08. The molecular formula is C7H9IO3. The summed E-state index contributed by atoms with van der Waals surface area (Å²) in [6.07, 6.45) is -0.422. The molecule has 1 rings (SSSR count). The van der Waals surface area contributed by atoms with Crippen LogP contribution < -0.4 is 0 Å². The summed E-state index contributed by atoms with van der Waals surface area (Å²) in [6, 6.07) is 0. The van der Waals surface area contributed by atoms with Crippen LogP contribution in [0.3, 0.4) is 0 Å². The second-order valence-electron chi connectivity index (χ2n) is 2.36. The first-order chi connectivity index (χ1) is 5.20. The number of halogens is 1. The summed E-state index contributed by atoms with van der Waals surface area (Å²) in [4.78, 5) is 10.9. The number of hydrogen-bond acceptors (Lipinski definition) is 3.